The van der Waals surface area contributed by atoms with Crippen LogP contribution in [0.1, 0.15) is 0 Å². The lowest BCUT2D eigenvalue weighted by atomic mass is 9.92. The lowest BCUT2D eigenvalue weighted by Crippen LogP contribution is -2.00. The van der Waals surface area contributed by atoms with Gasteiger partial charge in [0.25, 0.3) is 0 Å². The molecule has 0 unspecified atom stereocenters. The highest BCUT2D eigenvalue weighted by atomic mass is 15.0. The largest absolute Gasteiger partial charge is 0.208 e. The van der Waals surface area contributed by atoms with Gasteiger partial charge in [0.1, 0.15) is 0 Å². The third-order valence-electron chi connectivity index (χ3n) is 8.90. The van der Waals surface area contributed by atoms with Crippen molar-refractivity contribution in [3.05, 3.63) is 164 Å². The third kappa shape index (κ3) is 4.41. The fourth-order valence-electron chi connectivity index (χ4n) is 6.68. The highest BCUT2D eigenvalue weighted by Crippen LogP contribution is 2.48. The first-order valence-electron chi connectivity index (χ1n) is 15.5. The van der Waals surface area contributed by atoms with Crippen molar-refractivity contribution in [3.63, 3.8) is 0 Å². The Morgan fingerprint density at radius 2 is 0.674 bits per heavy atom. The van der Waals surface area contributed by atoms with Gasteiger partial charge in [0.15, 0.2) is 17.5 Å². The van der Waals surface area contributed by atoms with Gasteiger partial charge in [0, 0.05) is 16.7 Å². The molecule has 0 spiro atoms. The van der Waals surface area contributed by atoms with Crippen LogP contribution in [0.15, 0.2) is 164 Å². The lowest BCUT2D eigenvalue weighted by Gasteiger charge is -2.14. The van der Waals surface area contributed by atoms with Gasteiger partial charge in [-0.25, -0.2) is 15.0 Å². The molecule has 0 atom stereocenters. The maximum atomic E-state index is 5.09. The van der Waals surface area contributed by atoms with Crippen molar-refractivity contribution in [3.8, 4) is 78.7 Å². The van der Waals surface area contributed by atoms with E-state index >= 15 is 0 Å². The molecule has 0 radical (unpaired) electrons. The minimum absolute atomic E-state index is 0.649. The Morgan fingerprint density at radius 3 is 1.30 bits per heavy atom. The molecule has 7 aromatic carbocycles. The topological polar surface area (TPSA) is 38.7 Å². The summed E-state index contributed by atoms with van der Waals surface area (Å²) in [5.41, 5.74) is 12.5. The van der Waals surface area contributed by atoms with Crippen LogP contribution in [0.3, 0.4) is 0 Å². The Balaban J connectivity index is 1.23. The zero-order valence-electron chi connectivity index (χ0n) is 24.9. The van der Waals surface area contributed by atoms with Gasteiger partial charge in [-0.1, -0.05) is 158 Å². The van der Waals surface area contributed by atoms with E-state index in [1.165, 1.54) is 49.7 Å². The molecular formula is C43H27N3. The van der Waals surface area contributed by atoms with Crippen molar-refractivity contribution in [2.75, 3.05) is 0 Å². The Morgan fingerprint density at radius 1 is 0.261 bits per heavy atom. The smallest absolute Gasteiger partial charge is 0.164 e. The van der Waals surface area contributed by atoms with E-state index in [4.69, 9.17) is 15.0 Å². The molecule has 0 bridgehead atoms. The normalized spacial score (nSPS) is 11.5. The van der Waals surface area contributed by atoms with Crippen LogP contribution in [0.4, 0.5) is 0 Å². The molecular weight excluding hydrogens is 558 g/mol. The first kappa shape index (κ1) is 26.2. The average molecular weight is 586 g/mol. The van der Waals surface area contributed by atoms with Gasteiger partial charge >= 0.3 is 0 Å². The summed E-state index contributed by atoms with van der Waals surface area (Å²) in [5, 5.41) is 2.53. The molecule has 1 heterocycles. The SMILES string of the molecule is c1ccc(-c2ccc(-c3nc(-c4ccccc4)nc(-c4ccc5c(c4)-c4ccccc4-c4cccc6cccc-5c46)n3)cc2)cc1. The summed E-state index contributed by atoms with van der Waals surface area (Å²) in [7, 11) is 0. The van der Waals surface area contributed by atoms with E-state index in [1.807, 2.05) is 36.4 Å². The predicted molar refractivity (Wildman–Crippen MR) is 189 cm³/mol. The van der Waals surface area contributed by atoms with E-state index in [9.17, 15) is 0 Å². The van der Waals surface area contributed by atoms with Gasteiger partial charge in [0.05, 0.1) is 0 Å². The predicted octanol–water partition coefficient (Wildman–Crippen LogP) is 11.0. The lowest BCUT2D eigenvalue weighted by molar-refractivity contribution is 1.07. The second-order valence-corrected chi connectivity index (χ2v) is 11.6. The molecule has 0 saturated heterocycles. The first-order chi connectivity index (χ1) is 22.8. The summed E-state index contributed by atoms with van der Waals surface area (Å²) in [6.07, 6.45) is 0. The number of aromatic nitrogens is 3. The molecule has 3 heteroatoms. The molecule has 0 fully saturated rings. The van der Waals surface area contributed by atoms with E-state index in [1.54, 1.807) is 0 Å². The Kier molecular flexibility index (Phi) is 6.14. The molecule has 0 aliphatic heterocycles. The second kappa shape index (κ2) is 10.8. The highest BCUT2D eigenvalue weighted by Gasteiger charge is 2.22. The maximum absolute atomic E-state index is 5.09. The number of hydrogen-bond donors (Lipinski definition) is 0. The van der Waals surface area contributed by atoms with Crippen molar-refractivity contribution in [1.82, 2.24) is 15.0 Å². The van der Waals surface area contributed by atoms with Gasteiger partial charge in [-0.15, -0.1) is 0 Å². The minimum atomic E-state index is 0.649. The quantitative estimate of drug-likeness (QED) is 0.206. The van der Waals surface area contributed by atoms with E-state index in [2.05, 4.69) is 127 Å². The van der Waals surface area contributed by atoms with Crippen LogP contribution in [0.5, 0.6) is 0 Å². The van der Waals surface area contributed by atoms with Crippen LogP contribution in [-0.2, 0) is 0 Å². The fourth-order valence-corrected chi connectivity index (χ4v) is 6.68. The average Bonchev–Trinajstić information content (AvgIpc) is 3.26. The molecule has 214 valence electrons. The molecule has 0 N–H and O–H groups in total. The number of rotatable bonds is 4. The van der Waals surface area contributed by atoms with Crippen molar-refractivity contribution in [2.45, 2.75) is 0 Å². The molecule has 1 aliphatic rings. The van der Waals surface area contributed by atoms with Gasteiger partial charge in [-0.05, 0) is 61.3 Å². The molecule has 1 aliphatic carbocycles. The van der Waals surface area contributed by atoms with E-state index < -0.39 is 0 Å². The van der Waals surface area contributed by atoms with Gasteiger partial charge in [-0.3, -0.25) is 0 Å². The van der Waals surface area contributed by atoms with Gasteiger partial charge < -0.3 is 0 Å². The molecule has 8 aromatic rings. The van der Waals surface area contributed by atoms with E-state index in [0.29, 0.717) is 17.5 Å². The van der Waals surface area contributed by atoms with E-state index in [0.717, 1.165) is 22.3 Å². The molecule has 0 saturated carbocycles. The molecule has 0 amide bonds. The van der Waals surface area contributed by atoms with Crippen molar-refractivity contribution in [1.29, 1.82) is 0 Å². The summed E-state index contributed by atoms with van der Waals surface area (Å²) in [5.74, 6) is 1.95. The monoisotopic (exact) mass is 585 g/mol. The summed E-state index contributed by atoms with van der Waals surface area (Å²) in [4.78, 5) is 15.1. The zero-order chi connectivity index (χ0) is 30.5. The van der Waals surface area contributed by atoms with Gasteiger partial charge in [-0.2, -0.15) is 0 Å². The Bertz CT molecular complexity index is 2390. The van der Waals surface area contributed by atoms with Crippen molar-refractivity contribution >= 4 is 10.8 Å². The molecule has 46 heavy (non-hydrogen) atoms. The molecule has 3 nitrogen and oxygen atoms in total. The Hall–Kier alpha value is -6.19. The molecule has 9 rings (SSSR count). The van der Waals surface area contributed by atoms with Crippen LogP contribution < -0.4 is 0 Å². The van der Waals surface area contributed by atoms with Crippen molar-refractivity contribution in [2.24, 2.45) is 0 Å². The van der Waals surface area contributed by atoms with Crippen LogP contribution in [0.2, 0.25) is 0 Å². The van der Waals surface area contributed by atoms with Crippen LogP contribution in [-0.4, -0.2) is 15.0 Å². The second-order valence-electron chi connectivity index (χ2n) is 11.6. The zero-order valence-corrected chi connectivity index (χ0v) is 24.9. The number of nitrogens with zero attached hydrogens (tertiary/aromatic N) is 3. The first-order valence-corrected chi connectivity index (χ1v) is 15.5. The van der Waals surface area contributed by atoms with Crippen LogP contribution >= 0.6 is 0 Å². The van der Waals surface area contributed by atoms with E-state index in [-0.39, 0.29) is 0 Å². The van der Waals surface area contributed by atoms with Gasteiger partial charge in [0.2, 0.25) is 0 Å². The van der Waals surface area contributed by atoms with Crippen LogP contribution in [0, 0.1) is 0 Å². The number of benzene rings is 7. The summed E-state index contributed by atoms with van der Waals surface area (Å²) < 4.78 is 0. The summed E-state index contributed by atoms with van der Waals surface area (Å²) in [6.45, 7) is 0. The fraction of sp³-hybridized carbons (Fsp3) is 0. The van der Waals surface area contributed by atoms with Crippen LogP contribution in [0.25, 0.3) is 89.4 Å². The Labute approximate surface area is 267 Å². The standard InChI is InChI=1S/C43H27N3/c1-3-11-28(12-4-1)29-21-23-32(24-22-29)42-44-41(31-13-5-2-6-14-31)45-43(46-42)33-25-26-36-38-20-10-16-30-15-9-19-37(40(30)38)34-17-7-8-18-35(34)39(36)27-33/h1-27H. The number of fused-ring (bicyclic) bond motifs is 5. The maximum Gasteiger partial charge on any atom is 0.164 e. The minimum Gasteiger partial charge on any atom is -0.208 e. The summed E-state index contributed by atoms with van der Waals surface area (Å²) >= 11 is 0. The molecule has 1 aromatic heterocycles. The highest BCUT2D eigenvalue weighted by molar-refractivity contribution is 6.13. The van der Waals surface area contributed by atoms with Crippen molar-refractivity contribution < 1.29 is 0 Å². The third-order valence-corrected chi connectivity index (χ3v) is 8.90. The summed E-state index contributed by atoms with van der Waals surface area (Å²) in [6, 6.07) is 57.6. The number of hydrogen-bond acceptors (Lipinski definition) is 3.